The van der Waals surface area contributed by atoms with E-state index in [0.717, 1.165) is 80.1 Å². The second kappa shape index (κ2) is 10.9. The molecule has 3 aliphatic rings. The van der Waals surface area contributed by atoms with Gasteiger partial charge in [0.15, 0.2) is 0 Å². The number of aryl methyl sites for hydroxylation is 1. The van der Waals surface area contributed by atoms with Crippen molar-refractivity contribution in [2.45, 2.75) is 69.4 Å². The van der Waals surface area contributed by atoms with Crippen molar-refractivity contribution in [3.05, 3.63) is 58.4 Å². The summed E-state index contributed by atoms with van der Waals surface area (Å²) in [5.74, 6) is -0.122. The number of rotatable bonds is 5. The Kier molecular flexibility index (Phi) is 7.07. The van der Waals surface area contributed by atoms with Gasteiger partial charge in [0, 0.05) is 37.7 Å². The molecule has 10 nitrogen and oxygen atoms in total. The van der Waals surface area contributed by atoms with E-state index < -0.39 is 17.8 Å². The van der Waals surface area contributed by atoms with Gasteiger partial charge in [-0.2, -0.15) is 5.10 Å². The first-order chi connectivity index (χ1) is 20.8. The highest BCUT2D eigenvalue weighted by Gasteiger charge is 2.33. The number of nitrogen functional groups attached to an aromatic ring is 1. The Balaban J connectivity index is 0.985. The van der Waals surface area contributed by atoms with Crippen LogP contribution >= 0.6 is 0 Å². The van der Waals surface area contributed by atoms with E-state index in [1.807, 2.05) is 23.0 Å². The largest absolute Gasteiger partial charge is 0.396 e. The number of likely N-dealkylation sites (tertiary alicyclic amines) is 1. The lowest BCUT2D eigenvalue weighted by Crippen LogP contribution is -2.44. The van der Waals surface area contributed by atoms with E-state index in [-0.39, 0.29) is 23.7 Å². The second-order valence-corrected chi connectivity index (χ2v) is 12.7. The average Bonchev–Trinajstić information content (AvgIpc) is 3.52. The molecule has 2 saturated heterocycles. The minimum atomic E-state index is -0.671. The van der Waals surface area contributed by atoms with Crippen LogP contribution in [-0.4, -0.2) is 55.3 Å². The molecule has 7 rings (SSSR count). The first kappa shape index (κ1) is 27.8. The third-order valence-corrected chi connectivity index (χ3v) is 10.0. The van der Waals surface area contributed by atoms with E-state index >= 15 is 0 Å². The lowest BCUT2D eigenvalue weighted by Gasteiger charge is -2.37. The van der Waals surface area contributed by atoms with Crippen molar-refractivity contribution in [2.24, 2.45) is 13.0 Å². The molecule has 4 heterocycles. The van der Waals surface area contributed by atoms with Crippen LogP contribution < -0.4 is 16.7 Å². The summed E-state index contributed by atoms with van der Waals surface area (Å²) in [4.78, 5) is 40.2. The van der Waals surface area contributed by atoms with Crippen molar-refractivity contribution in [2.75, 3.05) is 25.4 Å². The van der Waals surface area contributed by atoms with Crippen molar-refractivity contribution in [3.8, 4) is 0 Å². The summed E-state index contributed by atoms with van der Waals surface area (Å²) in [5, 5.41) is 7.91. The predicted molar refractivity (Wildman–Crippen MR) is 162 cm³/mol. The number of piperidine rings is 2. The minimum absolute atomic E-state index is 0.158. The van der Waals surface area contributed by atoms with Gasteiger partial charge in [0.05, 0.1) is 28.3 Å². The van der Waals surface area contributed by atoms with Crippen LogP contribution in [0.4, 0.5) is 10.1 Å². The number of halogens is 1. The molecule has 1 saturated carbocycles. The zero-order valence-electron chi connectivity index (χ0n) is 24.5. The van der Waals surface area contributed by atoms with Gasteiger partial charge in [-0.3, -0.25) is 28.7 Å². The van der Waals surface area contributed by atoms with Gasteiger partial charge in [0.25, 0.3) is 0 Å². The molecule has 0 spiro atoms. The number of anilines is 1. The van der Waals surface area contributed by atoms with E-state index in [4.69, 9.17) is 5.73 Å². The lowest BCUT2D eigenvalue weighted by atomic mass is 9.84. The van der Waals surface area contributed by atoms with Crippen molar-refractivity contribution < 1.29 is 14.0 Å². The number of hydrogen-bond acceptors (Lipinski definition) is 6. The third kappa shape index (κ3) is 5.03. The molecule has 3 N–H and O–H groups in total. The number of para-hydroxylation sites is 1. The molecule has 226 valence electrons. The van der Waals surface area contributed by atoms with E-state index in [1.165, 1.54) is 6.07 Å². The highest BCUT2D eigenvalue weighted by Crippen LogP contribution is 2.37. The fourth-order valence-electron chi connectivity index (χ4n) is 7.68. The number of nitrogens with zero attached hydrogens (tertiary/aromatic N) is 5. The number of imidazole rings is 1. The molecule has 4 aromatic rings. The Morgan fingerprint density at radius 2 is 1.79 bits per heavy atom. The molecule has 2 aliphatic heterocycles. The number of carbonyl (C=O) groups excluding carboxylic acids is 2. The standard InChI is InChI=1S/C32H38FN7O3/c1-37-30-23(3-2-4-27(30)40(32(37)43)28-9-10-29(41)35-31(28)42)20-11-13-38(14-12-20)17-19-5-7-22(8-6-19)39-18-21-15-25(34)24(33)16-26(21)36-39/h2-4,15-16,18-20,22,28H,5-14,17,34H2,1H3,(H,35,41,42)/t19-,22-,28?. The summed E-state index contributed by atoms with van der Waals surface area (Å²) >= 11 is 0. The number of fused-ring (bicyclic) bond motifs is 2. The number of amides is 2. The highest BCUT2D eigenvalue weighted by atomic mass is 19.1. The number of imide groups is 1. The highest BCUT2D eigenvalue weighted by molar-refractivity contribution is 6.00. The zero-order valence-corrected chi connectivity index (χ0v) is 24.5. The van der Waals surface area contributed by atoms with Gasteiger partial charge < -0.3 is 10.6 Å². The van der Waals surface area contributed by atoms with Crippen LogP contribution in [0.5, 0.6) is 0 Å². The number of hydrogen-bond donors (Lipinski definition) is 2. The quantitative estimate of drug-likeness (QED) is 0.269. The summed E-state index contributed by atoms with van der Waals surface area (Å²) < 4.78 is 19.1. The first-order valence-electron chi connectivity index (χ1n) is 15.5. The van der Waals surface area contributed by atoms with E-state index in [0.29, 0.717) is 29.8 Å². The molecule has 3 fully saturated rings. The molecule has 2 aromatic heterocycles. The van der Waals surface area contributed by atoms with E-state index in [9.17, 15) is 18.8 Å². The van der Waals surface area contributed by atoms with Crippen molar-refractivity contribution in [1.29, 1.82) is 0 Å². The molecule has 1 atom stereocenters. The summed E-state index contributed by atoms with van der Waals surface area (Å²) in [7, 11) is 1.78. The van der Waals surface area contributed by atoms with Gasteiger partial charge in [-0.15, -0.1) is 0 Å². The van der Waals surface area contributed by atoms with Gasteiger partial charge in [0.1, 0.15) is 11.9 Å². The molecule has 0 radical (unpaired) electrons. The SMILES string of the molecule is Cn1c(=O)n(C2CCC(=O)NC2=O)c2cccc(C3CCN(C[C@H]4CC[C@H](n5cc6cc(N)c(F)cc6n5)CC4)CC3)c21. The van der Waals surface area contributed by atoms with Crippen LogP contribution in [0.2, 0.25) is 0 Å². The van der Waals surface area contributed by atoms with E-state index in [1.54, 1.807) is 22.2 Å². The van der Waals surface area contributed by atoms with Gasteiger partial charge >= 0.3 is 5.69 Å². The summed E-state index contributed by atoms with van der Waals surface area (Å²) in [6, 6.07) is 8.77. The molecule has 0 bridgehead atoms. The van der Waals surface area contributed by atoms with Crippen LogP contribution in [0.15, 0.2) is 41.3 Å². The molecular formula is C32H38FN7O3. The minimum Gasteiger partial charge on any atom is -0.396 e. The number of nitrogens with one attached hydrogen (secondary N) is 1. The van der Waals surface area contributed by atoms with Crippen molar-refractivity contribution in [1.82, 2.24) is 29.1 Å². The Labute approximate surface area is 248 Å². The molecule has 11 heteroatoms. The maximum absolute atomic E-state index is 13.9. The normalized spacial score (nSPS) is 24.2. The van der Waals surface area contributed by atoms with E-state index in [2.05, 4.69) is 21.4 Å². The topological polar surface area (TPSA) is 120 Å². The fourth-order valence-corrected chi connectivity index (χ4v) is 7.68. The average molecular weight is 588 g/mol. The molecule has 1 unspecified atom stereocenters. The Morgan fingerprint density at radius 3 is 2.53 bits per heavy atom. The van der Waals surface area contributed by atoms with Crippen LogP contribution in [0.3, 0.4) is 0 Å². The van der Waals surface area contributed by atoms with Gasteiger partial charge in [0.2, 0.25) is 11.8 Å². The number of benzene rings is 2. The van der Waals surface area contributed by atoms with Gasteiger partial charge in [-0.25, -0.2) is 9.18 Å². The third-order valence-electron chi connectivity index (χ3n) is 10.0. The summed E-state index contributed by atoms with van der Waals surface area (Å²) in [5.41, 5.74) is 9.15. The summed E-state index contributed by atoms with van der Waals surface area (Å²) in [6.45, 7) is 3.12. The Morgan fingerprint density at radius 1 is 1.02 bits per heavy atom. The number of carbonyl (C=O) groups is 2. The van der Waals surface area contributed by atoms with Crippen molar-refractivity contribution in [3.63, 3.8) is 0 Å². The lowest BCUT2D eigenvalue weighted by molar-refractivity contribution is -0.135. The molecule has 2 aromatic carbocycles. The maximum Gasteiger partial charge on any atom is 0.329 e. The van der Waals surface area contributed by atoms with Crippen LogP contribution in [0.25, 0.3) is 21.9 Å². The molecule has 43 heavy (non-hydrogen) atoms. The van der Waals surface area contributed by atoms with Crippen LogP contribution in [0, 0.1) is 11.7 Å². The number of aromatic nitrogens is 4. The van der Waals surface area contributed by atoms with Crippen LogP contribution in [0.1, 0.15) is 74.9 Å². The van der Waals surface area contributed by atoms with Crippen LogP contribution in [-0.2, 0) is 16.6 Å². The zero-order chi connectivity index (χ0) is 29.8. The van der Waals surface area contributed by atoms with Gasteiger partial charge in [-0.1, -0.05) is 12.1 Å². The molecular weight excluding hydrogens is 549 g/mol. The maximum atomic E-state index is 13.9. The Bertz CT molecular complexity index is 1730. The molecule has 2 amide bonds. The second-order valence-electron chi connectivity index (χ2n) is 12.7. The summed E-state index contributed by atoms with van der Waals surface area (Å²) in [6.07, 6.45) is 9.02. The fraction of sp³-hybridized carbons (Fsp3) is 0.500. The smallest absolute Gasteiger partial charge is 0.329 e. The Hall–Kier alpha value is -3.99. The van der Waals surface area contributed by atoms with Crippen molar-refractivity contribution >= 4 is 39.4 Å². The molecule has 1 aliphatic carbocycles. The monoisotopic (exact) mass is 587 g/mol. The first-order valence-corrected chi connectivity index (χ1v) is 15.5. The number of nitrogens with two attached hydrogens (primary N) is 1. The van der Waals surface area contributed by atoms with Gasteiger partial charge in [-0.05, 0) is 87.6 Å². The predicted octanol–water partition coefficient (Wildman–Crippen LogP) is 4.00.